The van der Waals surface area contributed by atoms with Crippen molar-refractivity contribution in [2.75, 3.05) is 0 Å². The van der Waals surface area contributed by atoms with E-state index in [1.54, 1.807) is 0 Å². The summed E-state index contributed by atoms with van der Waals surface area (Å²) >= 11 is 0. The molecule has 3 aliphatic carbocycles. The number of allylic oxidation sites excluding steroid dienone is 2. The van der Waals surface area contributed by atoms with E-state index in [4.69, 9.17) is 0 Å². The highest BCUT2D eigenvalue weighted by Gasteiger charge is 2.55. The number of carbonyl (C=O) groups excluding carboxylic acids is 1. The second kappa shape index (κ2) is 5.56. The van der Waals surface area contributed by atoms with E-state index in [1.165, 1.54) is 63.4 Å². The molecule has 0 saturated heterocycles. The number of fused-ring (bicyclic) bond motifs is 3. The normalized spacial score (nSPS) is 48.0. The van der Waals surface area contributed by atoms with Crippen molar-refractivity contribution in [3.05, 3.63) is 11.6 Å². The van der Waals surface area contributed by atoms with Gasteiger partial charge in [0.25, 0.3) is 0 Å². The van der Waals surface area contributed by atoms with Crippen molar-refractivity contribution >= 4 is 6.29 Å². The first-order valence-electron chi connectivity index (χ1n) is 9.20. The summed E-state index contributed by atoms with van der Waals surface area (Å²) in [5, 5.41) is 0. The topological polar surface area (TPSA) is 17.1 Å². The summed E-state index contributed by atoms with van der Waals surface area (Å²) in [6, 6.07) is 0. The molecule has 0 aromatic carbocycles. The molecule has 0 aromatic heterocycles. The Labute approximate surface area is 130 Å². The molecular weight excluding hydrogens is 256 g/mol. The Hall–Kier alpha value is -0.590. The van der Waals surface area contributed by atoms with Crippen LogP contribution in [0.4, 0.5) is 0 Å². The maximum absolute atomic E-state index is 11.1. The van der Waals surface area contributed by atoms with Gasteiger partial charge in [-0.25, -0.2) is 0 Å². The Morgan fingerprint density at radius 2 is 1.95 bits per heavy atom. The van der Waals surface area contributed by atoms with Gasteiger partial charge in [-0.3, -0.25) is 4.79 Å². The van der Waals surface area contributed by atoms with Crippen LogP contribution in [0.25, 0.3) is 0 Å². The van der Waals surface area contributed by atoms with E-state index in [2.05, 4.69) is 20.8 Å². The van der Waals surface area contributed by atoms with Gasteiger partial charge in [-0.15, -0.1) is 0 Å². The fourth-order valence-corrected chi connectivity index (χ4v) is 6.54. The Morgan fingerprint density at radius 3 is 2.67 bits per heavy atom. The predicted octanol–water partition coefficient (Wildman–Crippen LogP) is 5.54. The van der Waals surface area contributed by atoms with Crippen LogP contribution in [-0.2, 0) is 4.79 Å². The molecule has 5 unspecified atom stereocenters. The molecule has 118 valence electrons. The fraction of sp³-hybridized carbons (Fsp3) is 0.850. The second-order valence-corrected chi connectivity index (χ2v) is 8.50. The lowest BCUT2D eigenvalue weighted by molar-refractivity contribution is -0.104. The molecule has 0 amide bonds. The lowest BCUT2D eigenvalue weighted by Crippen LogP contribution is -2.48. The Kier molecular flexibility index (Phi) is 4.05. The monoisotopic (exact) mass is 288 g/mol. The standard InChI is InChI=1S/C20H32O/c1-4-11-20(3)15(10-14-21)7-8-16-17-6-5-12-19(17,2)13-9-18(16)20/h10,14,16-18H,4-9,11-13H2,1-3H3/b15-10-. The third-order valence-corrected chi connectivity index (χ3v) is 7.56. The molecule has 5 atom stereocenters. The third-order valence-electron chi connectivity index (χ3n) is 7.56. The first kappa shape index (κ1) is 15.3. The lowest BCUT2D eigenvalue weighted by Gasteiger charge is -2.56. The molecule has 3 rings (SSSR count). The van der Waals surface area contributed by atoms with Crippen molar-refractivity contribution in [1.29, 1.82) is 0 Å². The van der Waals surface area contributed by atoms with E-state index in [9.17, 15) is 4.79 Å². The minimum atomic E-state index is 0.294. The van der Waals surface area contributed by atoms with Gasteiger partial charge in [0, 0.05) is 0 Å². The Bertz CT molecular complexity index is 437. The van der Waals surface area contributed by atoms with Gasteiger partial charge < -0.3 is 0 Å². The van der Waals surface area contributed by atoms with Crippen molar-refractivity contribution in [3.63, 3.8) is 0 Å². The molecule has 1 heteroatoms. The quantitative estimate of drug-likeness (QED) is 0.492. The van der Waals surface area contributed by atoms with Crippen molar-refractivity contribution in [2.24, 2.45) is 28.6 Å². The summed E-state index contributed by atoms with van der Waals surface area (Å²) in [6.45, 7) is 7.34. The van der Waals surface area contributed by atoms with Gasteiger partial charge >= 0.3 is 0 Å². The molecule has 3 aliphatic rings. The largest absolute Gasteiger partial charge is 0.299 e. The number of rotatable bonds is 3. The van der Waals surface area contributed by atoms with Crippen molar-refractivity contribution in [1.82, 2.24) is 0 Å². The zero-order valence-corrected chi connectivity index (χ0v) is 14.2. The third kappa shape index (κ3) is 2.32. The molecular formula is C20H32O. The fourth-order valence-electron chi connectivity index (χ4n) is 6.54. The van der Waals surface area contributed by atoms with Gasteiger partial charge in [0.15, 0.2) is 0 Å². The number of aldehydes is 1. The molecule has 0 heterocycles. The van der Waals surface area contributed by atoms with Crippen LogP contribution in [0, 0.1) is 28.6 Å². The van der Waals surface area contributed by atoms with Crippen LogP contribution in [0.3, 0.4) is 0 Å². The molecule has 3 saturated carbocycles. The zero-order valence-electron chi connectivity index (χ0n) is 14.2. The zero-order chi connectivity index (χ0) is 15.1. The summed E-state index contributed by atoms with van der Waals surface area (Å²) in [4.78, 5) is 11.1. The van der Waals surface area contributed by atoms with Crippen molar-refractivity contribution < 1.29 is 4.79 Å². The van der Waals surface area contributed by atoms with Gasteiger partial charge in [-0.2, -0.15) is 0 Å². The summed E-state index contributed by atoms with van der Waals surface area (Å²) in [5.41, 5.74) is 2.39. The minimum absolute atomic E-state index is 0.294. The Balaban J connectivity index is 1.93. The average molecular weight is 288 g/mol. The highest BCUT2D eigenvalue weighted by atomic mass is 16.1. The summed E-state index contributed by atoms with van der Waals surface area (Å²) in [5.74, 6) is 2.71. The predicted molar refractivity (Wildman–Crippen MR) is 88.1 cm³/mol. The average Bonchev–Trinajstić information content (AvgIpc) is 2.84. The van der Waals surface area contributed by atoms with Crippen molar-refractivity contribution in [3.8, 4) is 0 Å². The number of hydrogen-bond donors (Lipinski definition) is 0. The minimum Gasteiger partial charge on any atom is -0.299 e. The molecule has 21 heavy (non-hydrogen) atoms. The van der Waals surface area contributed by atoms with E-state index in [0.29, 0.717) is 10.8 Å². The Morgan fingerprint density at radius 1 is 1.14 bits per heavy atom. The van der Waals surface area contributed by atoms with Gasteiger partial charge in [-0.1, -0.05) is 39.2 Å². The first-order valence-corrected chi connectivity index (χ1v) is 9.20. The maximum Gasteiger partial charge on any atom is 0.142 e. The van der Waals surface area contributed by atoms with E-state index in [-0.39, 0.29) is 0 Å². The van der Waals surface area contributed by atoms with Gasteiger partial charge in [0.05, 0.1) is 0 Å². The van der Waals surface area contributed by atoms with Crippen LogP contribution in [0.15, 0.2) is 11.6 Å². The van der Waals surface area contributed by atoms with Gasteiger partial charge in [0.1, 0.15) is 6.29 Å². The van der Waals surface area contributed by atoms with Crippen LogP contribution >= 0.6 is 0 Å². The summed E-state index contributed by atoms with van der Waals surface area (Å²) in [6.07, 6.45) is 15.1. The van der Waals surface area contributed by atoms with E-state index >= 15 is 0 Å². The van der Waals surface area contributed by atoms with E-state index in [1.807, 2.05) is 6.08 Å². The maximum atomic E-state index is 11.1. The van der Waals surface area contributed by atoms with Gasteiger partial charge in [0.2, 0.25) is 0 Å². The van der Waals surface area contributed by atoms with E-state index in [0.717, 1.165) is 24.0 Å². The highest BCUT2D eigenvalue weighted by Crippen LogP contribution is 2.64. The van der Waals surface area contributed by atoms with Crippen molar-refractivity contribution in [2.45, 2.75) is 78.6 Å². The molecule has 0 N–H and O–H groups in total. The molecule has 0 spiro atoms. The summed E-state index contributed by atoms with van der Waals surface area (Å²) in [7, 11) is 0. The van der Waals surface area contributed by atoms with Gasteiger partial charge in [-0.05, 0) is 79.6 Å². The number of hydrogen-bond acceptors (Lipinski definition) is 1. The highest BCUT2D eigenvalue weighted by molar-refractivity contribution is 5.66. The lowest BCUT2D eigenvalue weighted by atomic mass is 9.48. The van der Waals surface area contributed by atoms with Crippen LogP contribution < -0.4 is 0 Å². The molecule has 0 aliphatic heterocycles. The molecule has 1 nitrogen and oxygen atoms in total. The SMILES string of the molecule is CCCC1(C)/C(=C\C=O)CCC2C3CCCC3(C)CCC21. The van der Waals surface area contributed by atoms with E-state index < -0.39 is 0 Å². The molecule has 0 bridgehead atoms. The first-order chi connectivity index (χ1) is 10.0. The number of carbonyl (C=O) groups is 1. The molecule has 0 aromatic rings. The molecule has 3 fully saturated rings. The van der Waals surface area contributed by atoms with Crippen LogP contribution in [-0.4, -0.2) is 6.29 Å². The summed E-state index contributed by atoms with van der Waals surface area (Å²) < 4.78 is 0. The van der Waals surface area contributed by atoms with Crippen LogP contribution in [0.1, 0.15) is 78.6 Å². The smallest absolute Gasteiger partial charge is 0.142 e. The van der Waals surface area contributed by atoms with Crippen LogP contribution in [0.2, 0.25) is 0 Å². The van der Waals surface area contributed by atoms with Crippen LogP contribution in [0.5, 0.6) is 0 Å². The molecule has 0 radical (unpaired) electrons. The second-order valence-electron chi connectivity index (χ2n) is 8.50.